The van der Waals surface area contributed by atoms with Gasteiger partial charge in [0, 0.05) is 12.1 Å². The van der Waals surface area contributed by atoms with Gasteiger partial charge in [-0.05, 0) is 39.7 Å². The molecule has 0 aromatic carbocycles. The van der Waals surface area contributed by atoms with Crippen LogP contribution in [0.3, 0.4) is 0 Å². The van der Waals surface area contributed by atoms with Gasteiger partial charge in [-0.2, -0.15) is 0 Å². The lowest BCUT2D eigenvalue weighted by Crippen LogP contribution is -2.37. The fourth-order valence-electron chi connectivity index (χ4n) is 1.54. The van der Waals surface area contributed by atoms with E-state index in [1.165, 1.54) is 6.42 Å². The standard InChI is InChI=1S/C13H26N2O2/c1-6-9(2)8-14-10-7-11(10)15-12(16)17-13(3,4)5/h9-11,14H,6-8H2,1-5H3,(H,15,16). The maximum absolute atomic E-state index is 11.5. The summed E-state index contributed by atoms with van der Waals surface area (Å²) < 4.78 is 5.21. The van der Waals surface area contributed by atoms with Gasteiger partial charge in [-0.15, -0.1) is 0 Å². The predicted molar refractivity (Wildman–Crippen MR) is 69.0 cm³/mol. The molecule has 0 heterocycles. The fourth-order valence-corrected chi connectivity index (χ4v) is 1.54. The van der Waals surface area contributed by atoms with E-state index in [9.17, 15) is 4.79 Å². The smallest absolute Gasteiger partial charge is 0.407 e. The highest BCUT2D eigenvalue weighted by Gasteiger charge is 2.38. The van der Waals surface area contributed by atoms with Crippen LogP contribution in [0.25, 0.3) is 0 Å². The van der Waals surface area contributed by atoms with Gasteiger partial charge in [0.25, 0.3) is 0 Å². The summed E-state index contributed by atoms with van der Waals surface area (Å²) in [6.45, 7) is 11.1. The monoisotopic (exact) mass is 242 g/mol. The molecule has 1 rings (SSSR count). The number of nitrogens with one attached hydrogen (secondary N) is 2. The summed E-state index contributed by atoms with van der Waals surface area (Å²) in [6, 6.07) is 0.672. The minimum Gasteiger partial charge on any atom is -0.444 e. The summed E-state index contributed by atoms with van der Waals surface area (Å²) >= 11 is 0. The number of ether oxygens (including phenoxy) is 1. The van der Waals surface area contributed by atoms with Crippen LogP contribution in [0.15, 0.2) is 0 Å². The molecule has 3 unspecified atom stereocenters. The lowest BCUT2D eigenvalue weighted by molar-refractivity contribution is 0.0522. The lowest BCUT2D eigenvalue weighted by atomic mass is 10.1. The van der Waals surface area contributed by atoms with Crippen molar-refractivity contribution in [3.8, 4) is 0 Å². The Morgan fingerprint density at radius 1 is 1.41 bits per heavy atom. The molecule has 1 aliphatic carbocycles. The van der Waals surface area contributed by atoms with Crippen LogP contribution in [-0.4, -0.2) is 30.3 Å². The van der Waals surface area contributed by atoms with Crippen LogP contribution in [0.2, 0.25) is 0 Å². The SMILES string of the molecule is CCC(C)CNC1CC1NC(=O)OC(C)(C)C. The van der Waals surface area contributed by atoms with Crippen molar-refractivity contribution in [2.45, 2.75) is 65.1 Å². The Morgan fingerprint density at radius 2 is 2.06 bits per heavy atom. The zero-order chi connectivity index (χ0) is 13.1. The minimum atomic E-state index is -0.418. The number of amides is 1. The van der Waals surface area contributed by atoms with Gasteiger partial charge in [0.1, 0.15) is 5.60 Å². The topological polar surface area (TPSA) is 50.4 Å². The molecule has 0 aromatic heterocycles. The summed E-state index contributed by atoms with van der Waals surface area (Å²) in [4.78, 5) is 11.5. The van der Waals surface area contributed by atoms with Crippen LogP contribution in [-0.2, 0) is 4.74 Å². The van der Waals surface area contributed by atoms with E-state index >= 15 is 0 Å². The third kappa shape index (κ3) is 5.91. The third-order valence-electron chi connectivity index (χ3n) is 2.92. The summed E-state index contributed by atoms with van der Waals surface area (Å²) in [5.41, 5.74) is -0.418. The lowest BCUT2D eigenvalue weighted by Gasteiger charge is -2.19. The van der Waals surface area contributed by atoms with E-state index in [4.69, 9.17) is 4.74 Å². The van der Waals surface area contributed by atoms with Gasteiger partial charge in [0.2, 0.25) is 0 Å². The number of carbonyl (C=O) groups excluding carboxylic acids is 1. The number of hydrogen-bond acceptors (Lipinski definition) is 3. The summed E-state index contributed by atoms with van der Waals surface area (Å²) in [7, 11) is 0. The number of alkyl carbamates (subject to hydrolysis) is 1. The largest absolute Gasteiger partial charge is 0.444 e. The molecule has 1 aliphatic rings. The van der Waals surface area contributed by atoms with E-state index in [0.29, 0.717) is 12.0 Å². The van der Waals surface area contributed by atoms with Gasteiger partial charge in [-0.25, -0.2) is 4.79 Å². The van der Waals surface area contributed by atoms with Crippen LogP contribution >= 0.6 is 0 Å². The van der Waals surface area contributed by atoms with Crippen LogP contribution in [0, 0.1) is 5.92 Å². The Bertz CT molecular complexity index is 261. The molecule has 100 valence electrons. The zero-order valence-electron chi connectivity index (χ0n) is 11.7. The van der Waals surface area contributed by atoms with E-state index in [1.807, 2.05) is 20.8 Å². The Labute approximate surface area is 104 Å². The molecule has 1 amide bonds. The predicted octanol–water partition coefficient (Wildman–Crippen LogP) is 2.29. The first kappa shape index (κ1) is 14.3. The number of rotatable bonds is 5. The van der Waals surface area contributed by atoms with Crippen LogP contribution in [0.5, 0.6) is 0 Å². The first-order chi connectivity index (χ1) is 7.81. The molecular weight excluding hydrogens is 216 g/mol. The molecule has 0 bridgehead atoms. The van der Waals surface area contributed by atoms with Gasteiger partial charge in [-0.3, -0.25) is 0 Å². The highest BCUT2D eigenvalue weighted by Crippen LogP contribution is 2.22. The Kier molecular flexibility index (Phi) is 4.80. The van der Waals surface area contributed by atoms with Gasteiger partial charge >= 0.3 is 6.09 Å². The summed E-state index contributed by atoms with van der Waals surface area (Å²) in [6.07, 6.45) is 1.88. The minimum absolute atomic E-state index is 0.244. The Balaban J connectivity index is 2.13. The average Bonchev–Trinajstić information content (AvgIpc) is 2.89. The normalized spacial score (nSPS) is 25.2. The molecular formula is C13H26N2O2. The quantitative estimate of drug-likeness (QED) is 0.777. The maximum atomic E-state index is 11.5. The van der Waals surface area contributed by atoms with Crippen molar-refractivity contribution in [1.82, 2.24) is 10.6 Å². The Hall–Kier alpha value is -0.770. The van der Waals surface area contributed by atoms with E-state index in [1.54, 1.807) is 0 Å². The number of carbonyl (C=O) groups is 1. The van der Waals surface area contributed by atoms with Crippen molar-refractivity contribution in [3.05, 3.63) is 0 Å². The molecule has 0 aromatic rings. The van der Waals surface area contributed by atoms with Crippen LogP contribution in [0.1, 0.15) is 47.5 Å². The molecule has 17 heavy (non-hydrogen) atoms. The molecule has 3 atom stereocenters. The highest BCUT2D eigenvalue weighted by atomic mass is 16.6. The maximum Gasteiger partial charge on any atom is 0.407 e. The van der Waals surface area contributed by atoms with Gasteiger partial charge in [0.15, 0.2) is 0 Å². The average molecular weight is 242 g/mol. The zero-order valence-corrected chi connectivity index (χ0v) is 11.7. The van der Waals surface area contributed by atoms with Crippen molar-refractivity contribution >= 4 is 6.09 Å². The van der Waals surface area contributed by atoms with E-state index < -0.39 is 5.60 Å². The van der Waals surface area contributed by atoms with E-state index in [2.05, 4.69) is 24.5 Å². The molecule has 1 fully saturated rings. The molecule has 1 saturated carbocycles. The first-order valence-electron chi connectivity index (χ1n) is 6.54. The van der Waals surface area contributed by atoms with Crippen molar-refractivity contribution in [1.29, 1.82) is 0 Å². The molecule has 0 radical (unpaired) electrons. The van der Waals surface area contributed by atoms with Crippen molar-refractivity contribution in [3.63, 3.8) is 0 Å². The number of hydrogen-bond donors (Lipinski definition) is 2. The summed E-state index contributed by atoms with van der Waals surface area (Å²) in [5, 5.41) is 6.33. The van der Waals surface area contributed by atoms with E-state index in [0.717, 1.165) is 13.0 Å². The Morgan fingerprint density at radius 3 is 2.59 bits per heavy atom. The molecule has 4 nitrogen and oxygen atoms in total. The van der Waals surface area contributed by atoms with Gasteiger partial charge < -0.3 is 15.4 Å². The highest BCUT2D eigenvalue weighted by molar-refractivity contribution is 5.68. The second-order valence-electron chi connectivity index (χ2n) is 6.02. The van der Waals surface area contributed by atoms with Gasteiger partial charge in [0.05, 0.1) is 0 Å². The van der Waals surface area contributed by atoms with Crippen molar-refractivity contribution in [2.24, 2.45) is 5.92 Å². The van der Waals surface area contributed by atoms with E-state index in [-0.39, 0.29) is 12.1 Å². The van der Waals surface area contributed by atoms with Crippen LogP contribution < -0.4 is 10.6 Å². The van der Waals surface area contributed by atoms with Crippen molar-refractivity contribution < 1.29 is 9.53 Å². The second kappa shape index (κ2) is 5.71. The molecule has 0 saturated heterocycles. The van der Waals surface area contributed by atoms with Crippen LogP contribution in [0.4, 0.5) is 4.79 Å². The third-order valence-corrected chi connectivity index (χ3v) is 2.92. The summed E-state index contributed by atoms with van der Waals surface area (Å²) in [5.74, 6) is 0.692. The van der Waals surface area contributed by atoms with Crippen molar-refractivity contribution in [2.75, 3.05) is 6.54 Å². The second-order valence-corrected chi connectivity index (χ2v) is 6.02. The molecule has 0 spiro atoms. The molecule has 0 aliphatic heterocycles. The molecule has 2 N–H and O–H groups in total. The molecule has 4 heteroatoms. The van der Waals surface area contributed by atoms with Gasteiger partial charge in [-0.1, -0.05) is 20.3 Å². The first-order valence-corrected chi connectivity index (χ1v) is 6.54. The fraction of sp³-hybridized carbons (Fsp3) is 0.923.